The van der Waals surface area contributed by atoms with Gasteiger partial charge in [-0.2, -0.15) is 0 Å². The van der Waals surface area contributed by atoms with E-state index in [9.17, 15) is 4.79 Å². The molecule has 0 atom stereocenters. The monoisotopic (exact) mass is 499 g/mol. The normalized spacial score (nSPS) is 17.8. The van der Waals surface area contributed by atoms with Gasteiger partial charge in [-0.15, -0.1) is 0 Å². The van der Waals surface area contributed by atoms with Crippen LogP contribution in [0.5, 0.6) is 0 Å². The number of aromatic nitrogens is 2. The molecule has 0 radical (unpaired) electrons. The SMILES string of the molecule is Cc1cncc2c(NCCCN3CCCCC3)cc(-c3ccc(C(=O)CC4CCN(C)CC4)cc3)nc12. The van der Waals surface area contributed by atoms with Gasteiger partial charge in [-0.05, 0) is 96.3 Å². The van der Waals surface area contributed by atoms with Crippen LogP contribution >= 0.6 is 0 Å². The molecule has 37 heavy (non-hydrogen) atoms. The van der Waals surface area contributed by atoms with Gasteiger partial charge in [-0.3, -0.25) is 9.78 Å². The van der Waals surface area contributed by atoms with E-state index in [0.717, 1.165) is 84.4 Å². The maximum Gasteiger partial charge on any atom is 0.163 e. The second-order valence-corrected chi connectivity index (χ2v) is 11.0. The average Bonchev–Trinajstić information content (AvgIpc) is 2.93. The van der Waals surface area contributed by atoms with Gasteiger partial charge in [-0.25, -0.2) is 4.98 Å². The minimum absolute atomic E-state index is 0.255. The van der Waals surface area contributed by atoms with Gasteiger partial charge in [0.05, 0.1) is 11.2 Å². The van der Waals surface area contributed by atoms with Gasteiger partial charge in [0.15, 0.2) is 5.78 Å². The molecule has 0 bridgehead atoms. The van der Waals surface area contributed by atoms with Crippen LogP contribution in [0.15, 0.2) is 42.7 Å². The van der Waals surface area contributed by atoms with E-state index >= 15 is 0 Å². The maximum atomic E-state index is 12.9. The van der Waals surface area contributed by atoms with Gasteiger partial charge < -0.3 is 15.1 Å². The molecule has 2 aliphatic rings. The number of likely N-dealkylation sites (tertiary alicyclic amines) is 2. The van der Waals surface area contributed by atoms with Crippen LogP contribution in [0, 0.1) is 12.8 Å². The number of aryl methyl sites for hydroxylation is 1. The summed E-state index contributed by atoms with van der Waals surface area (Å²) in [6, 6.07) is 10.2. The Kier molecular flexibility index (Phi) is 8.47. The number of carbonyl (C=O) groups excluding carboxylic acids is 1. The lowest BCUT2D eigenvalue weighted by Gasteiger charge is -2.28. The molecule has 4 heterocycles. The molecule has 196 valence electrons. The zero-order valence-electron chi connectivity index (χ0n) is 22.5. The zero-order chi connectivity index (χ0) is 25.6. The first kappa shape index (κ1) is 25.8. The Hall–Kier alpha value is -2.83. The van der Waals surface area contributed by atoms with Crippen molar-refractivity contribution in [1.29, 1.82) is 0 Å². The van der Waals surface area contributed by atoms with Crippen molar-refractivity contribution in [3.8, 4) is 11.3 Å². The number of nitrogens with zero attached hydrogens (tertiary/aromatic N) is 4. The van der Waals surface area contributed by atoms with Gasteiger partial charge >= 0.3 is 0 Å². The molecule has 1 aromatic carbocycles. The van der Waals surface area contributed by atoms with Crippen LogP contribution < -0.4 is 5.32 Å². The third-order valence-corrected chi connectivity index (χ3v) is 8.13. The number of Topliss-reactive ketones (excluding diaryl/α,β-unsaturated/α-hetero) is 1. The molecule has 6 heteroatoms. The molecular weight excluding hydrogens is 458 g/mol. The highest BCUT2D eigenvalue weighted by Gasteiger charge is 2.20. The fourth-order valence-corrected chi connectivity index (χ4v) is 5.75. The summed E-state index contributed by atoms with van der Waals surface area (Å²) in [5, 5.41) is 4.74. The summed E-state index contributed by atoms with van der Waals surface area (Å²) < 4.78 is 0. The van der Waals surface area contributed by atoms with Crippen molar-refractivity contribution in [3.63, 3.8) is 0 Å². The maximum absolute atomic E-state index is 12.9. The molecule has 2 aromatic heterocycles. The first-order valence-electron chi connectivity index (χ1n) is 14.1. The number of hydrogen-bond donors (Lipinski definition) is 1. The van der Waals surface area contributed by atoms with Crippen LogP contribution in [-0.2, 0) is 0 Å². The molecule has 0 aliphatic carbocycles. The predicted molar refractivity (Wildman–Crippen MR) is 152 cm³/mol. The summed E-state index contributed by atoms with van der Waals surface area (Å²) in [5.41, 5.74) is 5.89. The lowest BCUT2D eigenvalue weighted by Crippen LogP contribution is -2.31. The first-order chi connectivity index (χ1) is 18.1. The molecule has 2 aliphatic heterocycles. The van der Waals surface area contributed by atoms with E-state index in [0.29, 0.717) is 12.3 Å². The number of benzene rings is 1. The second kappa shape index (κ2) is 12.1. The number of fused-ring (bicyclic) bond motifs is 1. The third kappa shape index (κ3) is 6.55. The fourth-order valence-electron chi connectivity index (χ4n) is 5.75. The molecule has 0 amide bonds. The highest BCUT2D eigenvalue weighted by Crippen LogP contribution is 2.30. The number of ketones is 1. The number of nitrogens with one attached hydrogen (secondary N) is 1. The largest absolute Gasteiger partial charge is 0.384 e. The molecule has 2 saturated heterocycles. The Morgan fingerprint density at radius 2 is 1.78 bits per heavy atom. The Morgan fingerprint density at radius 1 is 1.03 bits per heavy atom. The number of carbonyl (C=O) groups is 1. The van der Waals surface area contributed by atoms with Crippen molar-refractivity contribution in [1.82, 2.24) is 19.8 Å². The minimum atomic E-state index is 0.255. The van der Waals surface area contributed by atoms with Gasteiger partial charge in [0, 0.05) is 47.6 Å². The van der Waals surface area contributed by atoms with Crippen molar-refractivity contribution >= 4 is 22.4 Å². The summed E-state index contributed by atoms with van der Waals surface area (Å²) in [5.74, 6) is 0.760. The number of pyridine rings is 2. The summed E-state index contributed by atoms with van der Waals surface area (Å²) in [7, 11) is 2.16. The highest BCUT2D eigenvalue weighted by molar-refractivity contribution is 5.97. The molecule has 3 aromatic rings. The molecule has 2 fully saturated rings. The van der Waals surface area contributed by atoms with Crippen molar-refractivity contribution in [3.05, 3.63) is 53.9 Å². The quantitative estimate of drug-likeness (QED) is 0.296. The van der Waals surface area contributed by atoms with E-state index in [1.165, 1.54) is 32.4 Å². The Morgan fingerprint density at radius 3 is 2.54 bits per heavy atom. The zero-order valence-corrected chi connectivity index (χ0v) is 22.5. The summed E-state index contributed by atoms with van der Waals surface area (Å²) in [6.07, 6.45) is 11.8. The molecule has 0 saturated carbocycles. The van der Waals surface area contributed by atoms with Gasteiger partial charge in [0.1, 0.15) is 0 Å². The van der Waals surface area contributed by atoms with Crippen LogP contribution in [0.4, 0.5) is 5.69 Å². The Balaban J connectivity index is 1.29. The smallest absolute Gasteiger partial charge is 0.163 e. The highest BCUT2D eigenvalue weighted by atomic mass is 16.1. The Bertz CT molecular complexity index is 1190. The van der Waals surface area contributed by atoms with Crippen LogP contribution in [0.1, 0.15) is 60.9 Å². The summed E-state index contributed by atoms with van der Waals surface area (Å²) in [4.78, 5) is 27.3. The van der Waals surface area contributed by atoms with Crippen LogP contribution in [0.2, 0.25) is 0 Å². The van der Waals surface area contributed by atoms with E-state index in [1.54, 1.807) is 0 Å². The van der Waals surface area contributed by atoms with E-state index in [2.05, 4.69) is 40.1 Å². The molecule has 6 nitrogen and oxygen atoms in total. The average molecular weight is 500 g/mol. The van der Waals surface area contributed by atoms with Crippen molar-refractivity contribution in [2.24, 2.45) is 5.92 Å². The lowest BCUT2D eigenvalue weighted by molar-refractivity contribution is 0.0936. The second-order valence-electron chi connectivity index (χ2n) is 11.0. The standard InChI is InChI=1S/C31H41N5O/c1-23-21-32-22-27-29(33-13-6-16-36-14-4-3-5-15-36)20-28(34-31(23)27)25-7-9-26(10-8-25)30(37)19-24-11-17-35(2)18-12-24/h7-10,20-22,24H,3-6,11-19H2,1-2H3,(H,33,34). The molecular formula is C31H41N5O. The predicted octanol–water partition coefficient (Wildman–Crippen LogP) is 5.81. The van der Waals surface area contributed by atoms with Gasteiger partial charge in [0.2, 0.25) is 0 Å². The molecule has 0 unspecified atom stereocenters. The van der Waals surface area contributed by atoms with Crippen LogP contribution in [0.3, 0.4) is 0 Å². The lowest BCUT2D eigenvalue weighted by atomic mass is 9.90. The van der Waals surface area contributed by atoms with E-state index in [4.69, 9.17) is 4.98 Å². The molecule has 5 rings (SSSR count). The number of hydrogen-bond acceptors (Lipinski definition) is 6. The topological polar surface area (TPSA) is 61.4 Å². The third-order valence-electron chi connectivity index (χ3n) is 8.13. The molecule has 0 spiro atoms. The van der Waals surface area contributed by atoms with E-state index < -0.39 is 0 Å². The van der Waals surface area contributed by atoms with Gasteiger partial charge in [0.25, 0.3) is 0 Å². The Labute approximate surface area is 221 Å². The number of rotatable bonds is 9. The summed E-state index contributed by atoms with van der Waals surface area (Å²) in [6.45, 7) is 8.80. The van der Waals surface area contributed by atoms with Crippen molar-refractivity contribution in [2.45, 2.75) is 51.9 Å². The number of piperidine rings is 2. The number of anilines is 1. The van der Waals surface area contributed by atoms with Crippen molar-refractivity contribution in [2.75, 3.05) is 51.6 Å². The van der Waals surface area contributed by atoms with Crippen LogP contribution in [-0.4, -0.2) is 71.9 Å². The fraction of sp³-hybridized carbons (Fsp3) is 0.516. The van der Waals surface area contributed by atoms with E-state index in [1.807, 2.05) is 36.7 Å². The van der Waals surface area contributed by atoms with Gasteiger partial charge in [-0.1, -0.05) is 30.7 Å². The summed E-state index contributed by atoms with van der Waals surface area (Å²) >= 11 is 0. The minimum Gasteiger partial charge on any atom is -0.384 e. The molecule has 1 N–H and O–H groups in total. The van der Waals surface area contributed by atoms with Crippen molar-refractivity contribution < 1.29 is 4.79 Å². The first-order valence-corrected chi connectivity index (χ1v) is 14.1. The van der Waals surface area contributed by atoms with E-state index in [-0.39, 0.29) is 5.78 Å². The van der Waals surface area contributed by atoms with Crippen LogP contribution in [0.25, 0.3) is 22.2 Å².